The van der Waals surface area contributed by atoms with E-state index in [0.29, 0.717) is 24.3 Å². The summed E-state index contributed by atoms with van der Waals surface area (Å²) in [6, 6.07) is 12.3. The Morgan fingerprint density at radius 3 is 2.66 bits per heavy atom. The second-order valence-corrected chi connectivity index (χ2v) is 10.5. The number of carbonyl (C=O) groups is 2. The summed E-state index contributed by atoms with van der Waals surface area (Å²) in [5.74, 6) is -0.433. The molecule has 0 saturated carbocycles. The van der Waals surface area contributed by atoms with E-state index >= 15 is 0 Å². The van der Waals surface area contributed by atoms with Crippen LogP contribution in [0, 0.1) is 6.92 Å². The summed E-state index contributed by atoms with van der Waals surface area (Å²) in [6.45, 7) is 4.27. The number of aryl methyl sites for hydroxylation is 2. The molecule has 0 radical (unpaired) electrons. The molecule has 7 nitrogen and oxygen atoms in total. The smallest absolute Gasteiger partial charge is 0.244 e. The van der Waals surface area contributed by atoms with Crippen LogP contribution in [0.25, 0.3) is 0 Å². The van der Waals surface area contributed by atoms with Gasteiger partial charge in [-0.25, -0.2) is 8.42 Å². The van der Waals surface area contributed by atoms with Gasteiger partial charge in [-0.15, -0.1) is 0 Å². The first-order valence-electron chi connectivity index (χ1n) is 11.1. The predicted octanol–water partition coefficient (Wildman–Crippen LogP) is 3.48. The Hall–Kier alpha value is -2.71. The van der Waals surface area contributed by atoms with E-state index in [9.17, 15) is 18.0 Å². The van der Waals surface area contributed by atoms with Gasteiger partial charge < -0.3 is 10.2 Å². The molecule has 0 aliphatic carbocycles. The average molecular weight is 456 g/mol. The van der Waals surface area contributed by atoms with E-state index in [0.717, 1.165) is 30.4 Å². The summed E-state index contributed by atoms with van der Waals surface area (Å²) in [6.07, 6.45) is 3.48. The lowest BCUT2D eigenvalue weighted by Gasteiger charge is -2.33. The van der Waals surface area contributed by atoms with Crippen molar-refractivity contribution >= 4 is 33.2 Å². The fraction of sp³-hybridized carbons (Fsp3) is 0.417. The molecule has 4 rings (SSSR count). The number of piperidine rings is 1. The van der Waals surface area contributed by atoms with Gasteiger partial charge in [0, 0.05) is 30.4 Å². The van der Waals surface area contributed by atoms with Crippen molar-refractivity contribution in [3.05, 3.63) is 53.6 Å². The number of fused-ring (bicyclic) bond motifs is 1. The molecule has 170 valence electrons. The van der Waals surface area contributed by atoms with Gasteiger partial charge in [0.15, 0.2) is 0 Å². The average Bonchev–Trinajstić information content (AvgIpc) is 2.77. The minimum absolute atomic E-state index is 0.0204. The topological polar surface area (TPSA) is 86.8 Å². The lowest BCUT2D eigenvalue weighted by Crippen LogP contribution is -2.42. The van der Waals surface area contributed by atoms with Crippen LogP contribution in [-0.4, -0.2) is 43.7 Å². The molecule has 8 heteroatoms. The van der Waals surface area contributed by atoms with Crippen LogP contribution in [0.2, 0.25) is 0 Å². The fourth-order valence-electron chi connectivity index (χ4n) is 4.48. The molecule has 0 bridgehead atoms. The van der Waals surface area contributed by atoms with Crippen LogP contribution in [-0.2, 0) is 26.0 Å². The maximum Gasteiger partial charge on any atom is 0.244 e. The Morgan fingerprint density at radius 1 is 1.12 bits per heavy atom. The number of hydrogen-bond acceptors (Lipinski definition) is 4. The number of nitrogens with zero attached hydrogens (tertiary/aromatic N) is 2. The molecule has 1 atom stereocenters. The summed E-state index contributed by atoms with van der Waals surface area (Å²) in [4.78, 5) is 27.0. The van der Waals surface area contributed by atoms with E-state index < -0.39 is 10.0 Å². The molecule has 2 amide bonds. The van der Waals surface area contributed by atoms with Crippen LogP contribution < -0.4 is 10.2 Å². The van der Waals surface area contributed by atoms with Gasteiger partial charge in [-0.05, 0) is 68.5 Å². The zero-order chi connectivity index (χ0) is 22.9. The lowest BCUT2D eigenvalue weighted by atomic mass is 10.0. The summed E-state index contributed by atoms with van der Waals surface area (Å²) in [5, 5.41) is 2.86. The first kappa shape index (κ1) is 22.5. The Balaban J connectivity index is 1.56. The Labute approximate surface area is 189 Å². The second-order valence-electron chi connectivity index (χ2n) is 8.59. The van der Waals surface area contributed by atoms with E-state index in [-0.39, 0.29) is 35.7 Å². The van der Waals surface area contributed by atoms with E-state index in [2.05, 4.69) is 5.32 Å². The SMILES string of the molecule is Cc1ccccc1NC(=O)CN1C(=O)CCc2cc(S(=O)(=O)N3CCCC[C@H]3C)ccc21. The molecule has 0 unspecified atom stereocenters. The molecule has 1 fully saturated rings. The summed E-state index contributed by atoms with van der Waals surface area (Å²) in [7, 11) is -3.59. The normalized spacial score (nSPS) is 19.5. The van der Waals surface area contributed by atoms with E-state index in [1.807, 2.05) is 38.1 Å². The third-order valence-corrected chi connectivity index (χ3v) is 8.33. The van der Waals surface area contributed by atoms with Gasteiger partial charge in [0.25, 0.3) is 0 Å². The van der Waals surface area contributed by atoms with Crippen molar-refractivity contribution in [2.24, 2.45) is 0 Å². The van der Waals surface area contributed by atoms with Gasteiger partial charge >= 0.3 is 0 Å². The van der Waals surface area contributed by atoms with Crippen molar-refractivity contribution in [2.45, 2.75) is 56.9 Å². The quantitative estimate of drug-likeness (QED) is 0.748. The summed E-state index contributed by atoms with van der Waals surface area (Å²) in [5.41, 5.74) is 3.03. The number of anilines is 2. The Morgan fingerprint density at radius 2 is 1.91 bits per heavy atom. The van der Waals surface area contributed by atoms with E-state index in [1.165, 1.54) is 4.90 Å². The number of rotatable bonds is 5. The van der Waals surface area contributed by atoms with E-state index in [1.54, 1.807) is 22.5 Å². The van der Waals surface area contributed by atoms with Crippen molar-refractivity contribution in [2.75, 3.05) is 23.3 Å². The number of sulfonamides is 1. The summed E-state index contributed by atoms with van der Waals surface area (Å²) < 4.78 is 28.0. The fourth-order valence-corrected chi connectivity index (χ4v) is 6.23. The van der Waals surface area contributed by atoms with Gasteiger partial charge in [-0.2, -0.15) is 4.31 Å². The van der Waals surface area contributed by atoms with Crippen molar-refractivity contribution in [3.8, 4) is 0 Å². The second kappa shape index (κ2) is 9.03. The minimum atomic E-state index is -3.59. The zero-order valence-corrected chi connectivity index (χ0v) is 19.3. The van der Waals surface area contributed by atoms with Crippen LogP contribution in [0.3, 0.4) is 0 Å². The number of hydrogen-bond donors (Lipinski definition) is 1. The van der Waals surface area contributed by atoms with Crippen LogP contribution in [0.1, 0.15) is 43.7 Å². The molecule has 1 N–H and O–H groups in total. The highest BCUT2D eigenvalue weighted by Gasteiger charge is 2.33. The van der Waals surface area contributed by atoms with Crippen molar-refractivity contribution in [1.29, 1.82) is 0 Å². The monoisotopic (exact) mass is 455 g/mol. The molecule has 2 heterocycles. The molecule has 2 aromatic rings. The molecule has 32 heavy (non-hydrogen) atoms. The molecule has 2 aliphatic heterocycles. The van der Waals surface area contributed by atoms with Crippen LogP contribution in [0.4, 0.5) is 11.4 Å². The predicted molar refractivity (Wildman–Crippen MR) is 124 cm³/mol. The molecule has 2 aliphatic rings. The van der Waals surface area contributed by atoms with Crippen LogP contribution in [0.5, 0.6) is 0 Å². The number of benzene rings is 2. The standard InChI is InChI=1S/C24H29N3O4S/c1-17-7-3-4-9-21(17)25-23(28)16-26-22-12-11-20(15-19(22)10-13-24(26)29)32(30,31)27-14-6-5-8-18(27)2/h3-4,7,9,11-12,15,18H,5-6,8,10,13-14,16H2,1-2H3,(H,25,28)/t18-/m1/s1. The zero-order valence-electron chi connectivity index (χ0n) is 18.5. The first-order chi connectivity index (χ1) is 15.3. The third kappa shape index (κ3) is 4.42. The van der Waals surface area contributed by atoms with Gasteiger partial charge in [0.1, 0.15) is 6.54 Å². The molecule has 0 aromatic heterocycles. The maximum absolute atomic E-state index is 13.2. The highest BCUT2D eigenvalue weighted by atomic mass is 32.2. The van der Waals surface area contributed by atoms with Gasteiger partial charge in [0.2, 0.25) is 21.8 Å². The molecule has 2 aromatic carbocycles. The Kier molecular flexibility index (Phi) is 6.35. The number of amides is 2. The number of nitrogens with one attached hydrogen (secondary N) is 1. The largest absolute Gasteiger partial charge is 0.324 e. The molecule has 0 spiro atoms. The lowest BCUT2D eigenvalue weighted by molar-refractivity contribution is -0.121. The van der Waals surface area contributed by atoms with Gasteiger partial charge in [0.05, 0.1) is 4.90 Å². The highest BCUT2D eigenvalue weighted by molar-refractivity contribution is 7.89. The van der Waals surface area contributed by atoms with Crippen LogP contribution in [0.15, 0.2) is 47.4 Å². The molecular formula is C24H29N3O4S. The molecular weight excluding hydrogens is 426 g/mol. The number of carbonyl (C=O) groups excluding carboxylic acids is 2. The van der Waals surface area contributed by atoms with Crippen LogP contribution >= 0.6 is 0 Å². The van der Waals surface area contributed by atoms with Crippen molar-refractivity contribution in [3.63, 3.8) is 0 Å². The highest BCUT2D eigenvalue weighted by Crippen LogP contribution is 2.32. The first-order valence-corrected chi connectivity index (χ1v) is 12.5. The van der Waals surface area contributed by atoms with Gasteiger partial charge in [-0.1, -0.05) is 24.6 Å². The van der Waals surface area contributed by atoms with Gasteiger partial charge in [-0.3, -0.25) is 9.59 Å². The summed E-state index contributed by atoms with van der Waals surface area (Å²) >= 11 is 0. The Bertz CT molecular complexity index is 1150. The van der Waals surface area contributed by atoms with E-state index in [4.69, 9.17) is 0 Å². The minimum Gasteiger partial charge on any atom is -0.324 e. The third-order valence-electron chi connectivity index (χ3n) is 6.32. The van der Waals surface area contributed by atoms with Crippen molar-refractivity contribution in [1.82, 2.24) is 4.31 Å². The van der Waals surface area contributed by atoms with Crippen molar-refractivity contribution < 1.29 is 18.0 Å². The maximum atomic E-state index is 13.2. The number of para-hydroxylation sites is 1. The molecule has 1 saturated heterocycles.